The molecule has 0 saturated carbocycles. The van der Waals surface area contributed by atoms with E-state index in [1.54, 1.807) is 59.7 Å². The van der Waals surface area contributed by atoms with Crippen LogP contribution in [0.5, 0.6) is 0 Å². The van der Waals surface area contributed by atoms with Crippen molar-refractivity contribution in [1.82, 2.24) is 15.0 Å². The molecular weight excluding hydrogens is 472 g/mol. The van der Waals surface area contributed by atoms with E-state index < -0.39 is 29.3 Å². The summed E-state index contributed by atoms with van der Waals surface area (Å²) in [6.07, 6.45) is 0.725. The molecule has 0 unspecified atom stereocenters. The molecule has 0 aliphatic rings. The Kier molecular flexibility index (Phi) is 8.00. The van der Waals surface area contributed by atoms with Crippen molar-refractivity contribution in [2.75, 3.05) is 5.01 Å². The molecular formula is C27H34N6O4. The monoisotopic (exact) mass is 506 g/mol. The van der Waals surface area contributed by atoms with Gasteiger partial charge in [-0.15, -0.1) is 0 Å². The molecule has 0 fully saturated rings. The molecule has 1 aromatic carbocycles. The third kappa shape index (κ3) is 7.16. The van der Waals surface area contributed by atoms with Gasteiger partial charge in [0.05, 0.1) is 17.0 Å². The number of ether oxygens (including phenoxy) is 2. The minimum atomic E-state index is -0.838. The molecule has 10 heteroatoms. The van der Waals surface area contributed by atoms with E-state index in [1.807, 2.05) is 34.9 Å². The zero-order valence-corrected chi connectivity index (χ0v) is 22.0. The van der Waals surface area contributed by atoms with Crippen LogP contribution in [0.4, 0.5) is 15.4 Å². The van der Waals surface area contributed by atoms with E-state index in [2.05, 4.69) is 10.4 Å². The van der Waals surface area contributed by atoms with Crippen molar-refractivity contribution >= 4 is 41.5 Å². The van der Waals surface area contributed by atoms with Gasteiger partial charge in [-0.05, 0) is 65.3 Å². The lowest BCUT2D eigenvalue weighted by Crippen LogP contribution is -2.50. The second-order valence-electron chi connectivity index (χ2n) is 10.5. The van der Waals surface area contributed by atoms with Crippen molar-refractivity contribution in [2.24, 2.45) is 0 Å². The van der Waals surface area contributed by atoms with Crippen molar-refractivity contribution in [3.63, 3.8) is 0 Å². The van der Waals surface area contributed by atoms with E-state index in [-0.39, 0.29) is 5.82 Å². The number of hydrogen-bond acceptors (Lipinski definition) is 7. The van der Waals surface area contributed by atoms with Crippen molar-refractivity contribution in [3.8, 4) is 0 Å². The van der Waals surface area contributed by atoms with Gasteiger partial charge in [0, 0.05) is 24.7 Å². The van der Waals surface area contributed by atoms with Crippen LogP contribution >= 0.6 is 0 Å². The number of hydrogen-bond donors (Lipinski definition) is 3. The van der Waals surface area contributed by atoms with Crippen LogP contribution in [-0.4, -0.2) is 45.4 Å². The number of anilines is 1. The molecule has 3 rings (SSSR count). The Balaban J connectivity index is 2.08. The molecule has 0 bridgehead atoms. The number of nitrogens with one attached hydrogen (secondary N) is 3. The van der Waals surface area contributed by atoms with Crippen molar-refractivity contribution in [1.29, 1.82) is 10.8 Å². The van der Waals surface area contributed by atoms with Gasteiger partial charge in [0.15, 0.2) is 5.82 Å². The van der Waals surface area contributed by atoms with Gasteiger partial charge in [-0.2, -0.15) is 5.01 Å². The van der Waals surface area contributed by atoms with Crippen LogP contribution in [0, 0.1) is 10.8 Å². The number of rotatable bonds is 6. The highest BCUT2D eigenvalue weighted by Crippen LogP contribution is 2.27. The summed E-state index contributed by atoms with van der Waals surface area (Å²) in [5, 5.41) is 16.5. The minimum absolute atomic E-state index is 0.122. The lowest BCUT2D eigenvalue weighted by molar-refractivity contribution is 0.0424. The Morgan fingerprint density at radius 1 is 1.00 bits per heavy atom. The maximum absolute atomic E-state index is 13.0. The van der Waals surface area contributed by atoms with Crippen molar-refractivity contribution in [3.05, 3.63) is 59.8 Å². The Hall–Kier alpha value is -4.21. The summed E-state index contributed by atoms with van der Waals surface area (Å²) in [5.74, 6) is -0.430. The van der Waals surface area contributed by atoms with Gasteiger partial charge in [0.1, 0.15) is 11.2 Å². The predicted octanol–water partition coefficient (Wildman–Crippen LogP) is 5.65. The van der Waals surface area contributed by atoms with E-state index in [1.165, 1.54) is 12.4 Å². The summed E-state index contributed by atoms with van der Waals surface area (Å²) in [7, 11) is 0. The molecule has 37 heavy (non-hydrogen) atoms. The fraction of sp³-hybridized carbons (Fsp3) is 0.370. The average molecular weight is 507 g/mol. The largest absolute Gasteiger partial charge is 0.443 e. The molecule has 3 aromatic rings. The highest BCUT2D eigenvalue weighted by Gasteiger charge is 2.29. The molecule has 196 valence electrons. The molecule has 10 nitrogen and oxygen atoms in total. The van der Waals surface area contributed by atoms with E-state index in [0.29, 0.717) is 17.8 Å². The van der Waals surface area contributed by atoms with Gasteiger partial charge in [0.25, 0.3) is 0 Å². The molecule has 0 aliphatic heterocycles. The first-order valence-corrected chi connectivity index (χ1v) is 11.9. The Bertz CT molecular complexity index is 1280. The van der Waals surface area contributed by atoms with E-state index in [4.69, 9.17) is 20.3 Å². The summed E-state index contributed by atoms with van der Waals surface area (Å²) < 4.78 is 12.8. The number of carbonyl (C=O) groups excluding carboxylic acids is 2. The van der Waals surface area contributed by atoms with Crippen LogP contribution in [0.15, 0.2) is 48.5 Å². The molecule has 0 aliphatic carbocycles. The number of nitrogens with zero attached hydrogens (tertiary/aromatic N) is 3. The first-order chi connectivity index (χ1) is 17.3. The number of hydrazine groups is 1. The van der Waals surface area contributed by atoms with E-state index in [0.717, 1.165) is 16.1 Å². The maximum atomic E-state index is 13.0. The lowest BCUT2D eigenvalue weighted by Gasteiger charge is -2.28. The number of amides is 2. The second-order valence-corrected chi connectivity index (χ2v) is 10.5. The van der Waals surface area contributed by atoms with E-state index >= 15 is 0 Å². The maximum Gasteiger partial charge on any atom is 0.435 e. The zero-order valence-electron chi connectivity index (χ0n) is 22.0. The lowest BCUT2D eigenvalue weighted by atomic mass is 10.1. The molecule has 2 heterocycles. The second kappa shape index (κ2) is 10.8. The fourth-order valence-corrected chi connectivity index (χ4v) is 3.61. The zero-order chi connectivity index (χ0) is 27.4. The van der Waals surface area contributed by atoms with Crippen LogP contribution in [0.3, 0.4) is 0 Å². The van der Waals surface area contributed by atoms with Gasteiger partial charge in [-0.25, -0.2) is 20.0 Å². The summed E-state index contributed by atoms with van der Waals surface area (Å²) in [5.41, 5.74) is 3.86. The van der Waals surface area contributed by atoms with Crippen molar-refractivity contribution in [2.45, 2.75) is 65.2 Å². The molecule has 2 amide bonds. The number of benzene rings is 1. The van der Waals surface area contributed by atoms with Gasteiger partial charge in [-0.1, -0.05) is 30.3 Å². The first kappa shape index (κ1) is 27.4. The molecule has 0 saturated heterocycles. The minimum Gasteiger partial charge on any atom is -0.443 e. The van der Waals surface area contributed by atoms with Gasteiger partial charge in [0.2, 0.25) is 0 Å². The summed E-state index contributed by atoms with van der Waals surface area (Å²) in [6.45, 7) is 10.8. The fourth-order valence-electron chi connectivity index (χ4n) is 3.61. The van der Waals surface area contributed by atoms with Crippen molar-refractivity contribution < 1.29 is 19.1 Å². The van der Waals surface area contributed by atoms with E-state index in [9.17, 15) is 9.59 Å². The molecule has 0 spiro atoms. The summed E-state index contributed by atoms with van der Waals surface area (Å²) in [6, 6.07) is 15.0. The third-order valence-corrected chi connectivity index (χ3v) is 5.07. The van der Waals surface area contributed by atoms with Crippen LogP contribution in [0.2, 0.25) is 0 Å². The standard InChI is InChI=1S/C27H34N6O4/c1-26(2,3)36-24(34)31-33(25(35)37-27(4,5)6)23-13-12-21-20(30-23)14-22(19(15-28)16-29)32(21)17-18-10-8-7-9-11-18/h7-16,19,28-29H,17H2,1-6H3,(H,31,34). The van der Waals surface area contributed by atoms with Crippen LogP contribution in [-0.2, 0) is 16.0 Å². The van der Waals surface area contributed by atoms with Crippen LogP contribution < -0.4 is 10.4 Å². The Labute approximate surface area is 216 Å². The number of pyridine rings is 1. The Morgan fingerprint density at radius 3 is 2.19 bits per heavy atom. The van der Waals surface area contributed by atoms with Gasteiger partial charge >= 0.3 is 12.2 Å². The summed E-state index contributed by atoms with van der Waals surface area (Å²) in [4.78, 5) is 30.2. The topological polar surface area (TPSA) is 133 Å². The third-order valence-electron chi connectivity index (χ3n) is 5.07. The summed E-state index contributed by atoms with van der Waals surface area (Å²) >= 11 is 0. The first-order valence-electron chi connectivity index (χ1n) is 11.9. The SMILES string of the molecule is CC(C)(C)OC(=O)NN(C(=O)OC(C)(C)C)c1ccc2c(cc(C(C=N)C=N)n2Cc2ccccc2)n1. The van der Waals surface area contributed by atoms with Crippen LogP contribution in [0.1, 0.15) is 58.7 Å². The highest BCUT2D eigenvalue weighted by molar-refractivity contribution is 5.93. The number of fused-ring (bicyclic) bond motifs is 1. The average Bonchev–Trinajstić information content (AvgIpc) is 3.14. The quantitative estimate of drug-likeness (QED) is 0.293. The number of carbonyl (C=O) groups is 2. The molecule has 3 N–H and O–H groups in total. The van der Waals surface area contributed by atoms with Crippen LogP contribution in [0.25, 0.3) is 11.0 Å². The van der Waals surface area contributed by atoms with Gasteiger partial charge < -0.3 is 24.9 Å². The molecule has 0 atom stereocenters. The predicted molar refractivity (Wildman–Crippen MR) is 144 cm³/mol. The Morgan fingerprint density at radius 2 is 1.62 bits per heavy atom. The highest BCUT2D eigenvalue weighted by atomic mass is 16.6. The smallest absolute Gasteiger partial charge is 0.435 e. The molecule has 0 radical (unpaired) electrons. The normalized spacial score (nSPS) is 12.5. The van der Waals surface area contributed by atoms with Gasteiger partial charge in [-0.3, -0.25) is 0 Å². The molecule has 2 aromatic heterocycles. The number of aromatic nitrogens is 2.